The van der Waals surface area contributed by atoms with Crippen LogP contribution >= 0.6 is 11.6 Å². The number of nitrogens with zero attached hydrogens (tertiary/aromatic N) is 1. The molecule has 1 saturated heterocycles. The maximum atomic E-state index is 10.2. The lowest BCUT2D eigenvalue weighted by atomic mass is 10.0. The van der Waals surface area contributed by atoms with Gasteiger partial charge in [0.1, 0.15) is 0 Å². The number of hydrogen-bond acceptors (Lipinski definition) is 2. The van der Waals surface area contributed by atoms with Crippen molar-refractivity contribution >= 4 is 11.6 Å². The van der Waals surface area contributed by atoms with Crippen molar-refractivity contribution in [1.29, 1.82) is 0 Å². The highest BCUT2D eigenvalue weighted by molar-refractivity contribution is 6.31. The Labute approximate surface area is 121 Å². The van der Waals surface area contributed by atoms with Crippen molar-refractivity contribution in [3.05, 3.63) is 34.9 Å². The van der Waals surface area contributed by atoms with Crippen LogP contribution in [0.2, 0.25) is 5.02 Å². The largest absolute Gasteiger partial charge is 0.388 e. The van der Waals surface area contributed by atoms with Crippen LogP contribution in [-0.2, 0) is 0 Å². The second-order valence-corrected chi connectivity index (χ2v) is 6.11. The lowest BCUT2D eigenvalue weighted by Gasteiger charge is -2.22. The zero-order chi connectivity index (χ0) is 13.7. The van der Waals surface area contributed by atoms with E-state index < -0.39 is 6.10 Å². The predicted molar refractivity (Wildman–Crippen MR) is 80.5 cm³/mol. The summed E-state index contributed by atoms with van der Waals surface area (Å²) in [5.41, 5.74) is 0.854. The standard InChI is InChI=1S/C16H24ClNO/c1-13-5-4-10-18(11-8-13)12-9-16(19)14-6-2-3-7-15(14)17/h2-3,6-7,13,16,19H,4-5,8-12H2,1H3. The van der Waals surface area contributed by atoms with Crippen molar-refractivity contribution < 1.29 is 5.11 Å². The van der Waals surface area contributed by atoms with Crippen LogP contribution in [-0.4, -0.2) is 29.6 Å². The highest BCUT2D eigenvalue weighted by Crippen LogP contribution is 2.25. The molecule has 1 heterocycles. The minimum absolute atomic E-state index is 0.450. The van der Waals surface area contributed by atoms with Crippen molar-refractivity contribution in [2.45, 2.75) is 38.7 Å². The van der Waals surface area contributed by atoms with Gasteiger partial charge in [-0.3, -0.25) is 0 Å². The molecule has 0 spiro atoms. The zero-order valence-electron chi connectivity index (χ0n) is 11.7. The summed E-state index contributed by atoms with van der Waals surface area (Å²) in [6.45, 7) is 5.62. The fourth-order valence-electron chi connectivity index (χ4n) is 2.75. The summed E-state index contributed by atoms with van der Waals surface area (Å²) < 4.78 is 0. The molecule has 1 aromatic rings. The molecule has 1 aromatic carbocycles. The first kappa shape index (κ1) is 14.8. The van der Waals surface area contributed by atoms with Crippen molar-refractivity contribution in [3.8, 4) is 0 Å². The van der Waals surface area contributed by atoms with E-state index in [4.69, 9.17) is 11.6 Å². The molecule has 0 aromatic heterocycles. The third-order valence-electron chi connectivity index (χ3n) is 4.09. The number of rotatable bonds is 4. The van der Waals surface area contributed by atoms with E-state index in [-0.39, 0.29) is 0 Å². The highest BCUT2D eigenvalue weighted by atomic mass is 35.5. The van der Waals surface area contributed by atoms with Gasteiger partial charge in [-0.1, -0.05) is 36.7 Å². The summed E-state index contributed by atoms with van der Waals surface area (Å²) in [7, 11) is 0. The molecular formula is C16H24ClNO. The van der Waals surface area contributed by atoms with E-state index in [9.17, 15) is 5.11 Å². The Bertz CT molecular complexity index is 396. The van der Waals surface area contributed by atoms with E-state index in [1.807, 2.05) is 24.3 Å². The Balaban J connectivity index is 1.83. The molecule has 19 heavy (non-hydrogen) atoms. The monoisotopic (exact) mass is 281 g/mol. The van der Waals surface area contributed by atoms with Gasteiger partial charge >= 0.3 is 0 Å². The molecule has 106 valence electrons. The molecule has 1 fully saturated rings. The molecule has 0 radical (unpaired) electrons. The summed E-state index contributed by atoms with van der Waals surface area (Å²) >= 11 is 6.11. The van der Waals surface area contributed by atoms with Crippen LogP contribution in [0.25, 0.3) is 0 Å². The summed E-state index contributed by atoms with van der Waals surface area (Å²) in [5, 5.41) is 10.9. The fraction of sp³-hybridized carbons (Fsp3) is 0.625. The minimum atomic E-state index is -0.450. The molecule has 1 aliphatic heterocycles. The first-order valence-corrected chi connectivity index (χ1v) is 7.69. The number of benzene rings is 1. The summed E-state index contributed by atoms with van der Waals surface area (Å²) in [5.74, 6) is 0.846. The molecule has 2 atom stereocenters. The third-order valence-corrected chi connectivity index (χ3v) is 4.44. The van der Waals surface area contributed by atoms with Crippen LogP contribution in [0.3, 0.4) is 0 Å². The van der Waals surface area contributed by atoms with Crippen LogP contribution in [0.4, 0.5) is 0 Å². The van der Waals surface area contributed by atoms with E-state index in [1.165, 1.54) is 25.8 Å². The van der Waals surface area contributed by atoms with Crippen LogP contribution in [0.5, 0.6) is 0 Å². The average molecular weight is 282 g/mol. The smallest absolute Gasteiger partial charge is 0.0816 e. The molecule has 0 saturated carbocycles. The third kappa shape index (κ3) is 4.48. The van der Waals surface area contributed by atoms with Gasteiger partial charge in [0, 0.05) is 11.6 Å². The van der Waals surface area contributed by atoms with Gasteiger partial charge in [-0.15, -0.1) is 0 Å². The van der Waals surface area contributed by atoms with E-state index >= 15 is 0 Å². The van der Waals surface area contributed by atoms with Gasteiger partial charge in [-0.2, -0.15) is 0 Å². The van der Waals surface area contributed by atoms with Crippen LogP contribution in [0.15, 0.2) is 24.3 Å². The maximum absolute atomic E-state index is 10.2. The van der Waals surface area contributed by atoms with Gasteiger partial charge in [-0.25, -0.2) is 0 Å². The Morgan fingerprint density at radius 2 is 2.11 bits per heavy atom. The fourth-order valence-corrected chi connectivity index (χ4v) is 3.01. The molecule has 1 aliphatic rings. The quantitative estimate of drug-likeness (QED) is 0.905. The topological polar surface area (TPSA) is 23.5 Å². The number of aliphatic hydroxyl groups excluding tert-OH is 1. The van der Waals surface area contributed by atoms with Gasteiger partial charge < -0.3 is 10.0 Å². The summed E-state index contributed by atoms with van der Waals surface area (Å²) in [4.78, 5) is 2.48. The lowest BCUT2D eigenvalue weighted by molar-refractivity contribution is 0.143. The van der Waals surface area contributed by atoms with Gasteiger partial charge in [0.2, 0.25) is 0 Å². The molecule has 2 unspecified atom stereocenters. The van der Waals surface area contributed by atoms with E-state index in [0.717, 1.165) is 31.0 Å². The highest BCUT2D eigenvalue weighted by Gasteiger charge is 2.16. The molecule has 3 heteroatoms. The first-order chi connectivity index (χ1) is 9.16. The van der Waals surface area contributed by atoms with Crippen molar-refractivity contribution in [1.82, 2.24) is 4.90 Å². The molecule has 2 rings (SSSR count). The zero-order valence-corrected chi connectivity index (χ0v) is 12.4. The van der Waals surface area contributed by atoms with E-state index in [1.54, 1.807) is 0 Å². The Morgan fingerprint density at radius 3 is 2.89 bits per heavy atom. The number of likely N-dealkylation sites (tertiary alicyclic amines) is 1. The molecule has 0 bridgehead atoms. The van der Waals surface area contributed by atoms with Gasteiger partial charge in [0.05, 0.1) is 6.10 Å². The van der Waals surface area contributed by atoms with Crippen LogP contribution < -0.4 is 0 Å². The minimum Gasteiger partial charge on any atom is -0.388 e. The predicted octanol–water partition coefficient (Wildman–Crippen LogP) is 3.89. The van der Waals surface area contributed by atoms with Crippen LogP contribution in [0, 0.1) is 5.92 Å². The van der Waals surface area contributed by atoms with Crippen molar-refractivity contribution in [2.24, 2.45) is 5.92 Å². The maximum Gasteiger partial charge on any atom is 0.0816 e. The molecule has 0 amide bonds. The first-order valence-electron chi connectivity index (χ1n) is 7.31. The van der Waals surface area contributed by atoms with Gasteiger partial charge in [0.15, 0.2) is 0 Å². The second-order valence-electron chi connectivity index (χ2n) is 5.70. The Hall–Kier alpha value is -0.570. The number of halogens is 1. The summed E-state index contributed by atoms with van der Waals surface area (Å²) in [6.07, 6.45) is 4.21. The van der Waals surface area contributed by atoms with Crippen molar-refractivity contribution in [2.75, 3.05) is 19.6 Å². The lowest BCUT2D eigenvalue weighted by Crippen LogP contribution is -2.27. The normalized spacial score (nSPS) is 23.0. The average Bonchev–Trinajstić information content (AvgIpc) is 2.61. The van der Waals surface area contributed by atoms with Gasteiger partial charge in [-0.05, 0) is 56.3 Å². The number of hydrogen-bond donors (Lipinski definition) is 1. The van der Waals surface area contributed by atoms with Crippen molar-refractivity contribution in [3.63, 3.8) is 0 Å². The summed E-state index contributed by atoms with van der Waals surface area (Å²) in [6, 6.07) is 7.58. The van der Waals surface area contributed by atoms with E-state index in [2.05, 4.69) is 11.8 Å². The van der Waals surface area contributed by atoms with Crippen LogP contribution in [0.1, 0.15) is 44.3 Å². The molecule has 2 nitrogen and oxygen atoms in total. The Morgan fingerprint density at radius 1 is 1.32 bits per heavy atom. The Kier molecular flexibility index (Phi) is 5.68. The van der Waals surface area contributed by atoms with Gasteiger partial charge in [0.25, 0.3) is 0 Å². The SMILES string of the molecule is CC1CCCN(CCC(O)c2ccccc2Cl)CC1. The molecular weight excluding hydrogens is 258 g/mol. The van der Waals surface area contributed by atoms with E-state index in [0.29, 0.717) is 5.02 Å². The number of aliphatic hydroxyl groups is 1. The molecule has 1 N–H and O–H groups in total. The molecule has 0 aliphatic carbocycles. The second kappa shape index (κ2) is 7.28.